The van der Waals surface area contributed by atoms with Gasteiger partial charge in [-0.15, -0.1) is 0 Å². The summed E-state index contributed by atoms with van der Waals surface area (Å²) in [5.74, 6) is -1.13. The number of nitrogens with zero attached hydrogens (tertiary/aromatic N) is 1. The number of aromatic nitrogens is 1. The maximum atomic E-state index is 13.1. The molecule has 0 unspecified atom stereocenters. The van der Waals surface area contributed by atoms with Gasteiger partial charge in [0.1, 0.15) is 5.76 Å². The molecule has 0 spiro atoms. The lowest BCUT2D eigenvalue weighted by Crippen LogP contribution is -1.94. The fourth-order valence-electron chi connectivity index (χ4n) is 1.34. The summed E-state index contributed by atoms with van der Waals surface area (Å²) >= 11 is 0. The Morgan fingerprint density at radius 2 is 1.81 bits per heavy atom. The second-order valence-electron chi connectivity index (χ2n) is 3.51. The Hall–Kier alpha value is -1.91. The third-order valence-electron chi connectivity index (χ3n) is 2.35. The van der Waals surface area contributed by atoms with E-state index in [1.807, 2.05) is 0 Å². The summed E-state index contributed by atoms with van der Waals surface area (Å²) < 4.78 is 31.2. The second kappa shape index (κ2) is 3.59. The Kier molecular flexibility index (Phi) is 2.38. The lowest BCUT2D eigenvalue weighted by molar-refractivity contribution is 0.507. The number of nitrogen functional groups attached to an aromatic ring is 1. The molecule has 2 N–H and O–H groups in total. The predicted octanol–water partition coefficient (Wildman–Crippen LogP) is 2.82. The van der Waals surface area contributed by atoms with Crippen molar-refractivity contribution in [2.24, 2.45) is 0 Å². The lowest BCUT2D eigenvalue weighted by atomic mass is 10.1. The highest BCUT2D eigenvalue weighted by molar-refractivity contribution is 5.70. The van der Waals surface area contributed by atoms with Crippen LogP contribution in [0.15, 0.2) is 16.5 Å². The zero-order valence-electron chi connectivity index (χ0n) is 8.84. The van der Waals surface area contributed by atoms with Crippen LogP contribution in [-0.2, 0) is 0 Å². The first-order valence-electron chi connectivity index (χ1n) is 4.68. The van der Waals surface area contributed by atoms with Crippen LogP contribution in [0.3, 0.4) is 0 Å². The van der Waals surface area contributed by atoms with E-state index in [2.05, 4.69) is 4.98 Å². The van der Waals surface area contributed by atoms with Gasteiger partial charge in [0.15, 0.2) is 11.6 Å². The van der Waals surface area contributed by atoms with Crippen LogP contribution < -0.4 is 5.73 Å². The molecule has 0 atom stereocenters. The van der Waals surface area contributed by atoms with Gasteiger partial charge in [-0.1, -0.05) is 0 Å². The summed E-state index contributed by atoms with van der Waals surface area (Å²) in [5.41, 5.74) is 6.63. The molecule has 16 heavy (non-hydrogen) atoms. The summed E-state index contributed by atoms with van der Waals surface area (Å²) in [4.78, 5) is 4.08. The van der Waals surface area contributed by atoms with Crippen molar-refractivity contribution in [2.45, 2.75) is 13.8 Å². The molecular formula is C11H10F2N2O. The number of halogens is 2. The van der Waals surface area contributed by atoms with E-state index in [1.165, 1.54) is 0 Å². The topological polar surface area (TPSA) is 52.0 Å². The Labute approximate surface area is 90.9 Å². The first kappa shape index (κ1) is 10.6. The minimum atomic E-state index is -0.985. The fourth-order valence-corrected chi connectivity index (χ4v) is 1.34. The van der Waals surface area contributed by atoms with Gasteiger partial charge >= 0.3 is 0 Å². The number of rotatable bonds is 1. The summed E-state index contributed by atoms with van der Waals surface area (Å²) in [6, 6.07) is 1.90. The van der Waals surface area contributed by atoms with E-state index in [9.17, 15) is 8.78 Å². The molecule has 0 fully saturated rings. The van der Waals surface area contributed by atoms with E-state index in [0.29, 0.717) is 11.5 Å². The zero-order valence-corrected chi connectivity index (χ0v) is 8.84. The van der Waals surface area contributed by atoms with Crippen LogP contribution in [0.1, 0.15) is 11.5 Å². The van der Waals surface area contributed by atoms with Gasteiger partial charge in [-0.3, -0.25) is 0 Å². The summed E-state index contributed by atoms with van der Waals surface area (Å²) in [6.07, 6.45) is 0. The van der Waals surface area contributed by atoms with E-state index >= 15 is 0 Å². The Balaban J connectivity index is 2.60. The molecule has 1 aromatic carbocycles. The van der Waals surface area contributed by atoms with Crippen molar-refractivity contribution >= 4 is 5.69 Å². The normalized spacial score (nSPS) is 10.8. The third kappa shape index (κ3) is 1.64. The van der Waals surface area contributed by atoms with Crippen molar-refractivity contribution in [3.63, 3.8) is 0 Å². The first-order chi connectivity index (χ1) is 7.49. The molecule has 5 heteroatoms. The average Bonchev–Trinajstić information content (AvgIpc) is 2.53. The van der Waals surface area contributed by atoms with Gasteiger partial charge in [0.05, 0.1) is 11.3 Å². The Bertz CT molecular complexity index is 530. The molecular weight excluding hydrogens is 214 g/mol. The number of hydrogen-bond acceptors (Lipinski definition) is 3. The summed E-state index contributed by atoms with van der Waals surface area (Å²) in [7, 11) is 0. The van der Waals surface area contributed by atoms with Crippen LogP contribution in [-0.4, -0.2) is 4.98 Å². The Morgan fingerprint density at radius 3 is 2.38 bits per heavy atom. The van der Waals surface area contributed by atoms with Crippen LogP contribution in [0.5, 0.6) is 0 Å². The van der Waals surface area contributed by atoms with Crippen molar-refractivity contribution in [1.82, 2.24) is 4.98 Å². The van der Waals surface area contributed by atoms with Gasteiger partial charge in [-0.2, -0.15) is 0 Å². The van der Waals surface area contributed by atoms with Crippen molar-refractivity contribution in [3.8, 4) is 11.5 Å². The molecule has 1 aromatic heterocycles. The molecule has 0 aliphatic heterocycles. The van der Waals surface area contributed by atoms with E-state index in [1.54, 1.807) is 13.8 Å². The highest BCUT2D eigenvalue weighted by atomic mass is 19.2. The average molecular weight is 224 g/mol. The van der Waals surface area contributed by atoms with Crippen LogP contribution in [0.25, 0.3) is 11.5 Å². The molecule has 0 aliphatic rings. The quantitative estimate of drug-likeness (QED) is 0.758. The first-order valence-corrected chi connectivity index (χ1v) is 4.68. The van der Waals surface area contributed by atoms with Crippen molar-refractivity contribution in [3.05, 3.63) is 35.2 Å². The van der Waals surface area contributed by atoms with Gasteiger partial charge in [-0.25, -0.2) is 13.8 Å². The maximum absolute atomic E-state index is 13.1. The monoisotopic (exact) mass is 224 g/mol. The van der Waals surface area contributed by atoms with Crippen LogP contribution >= 0.6 is 0 Å². The Morgan fingerprint density at radius 1 is 1.19 bits per heavy atom. The molecule has 0 saturated heterocycles. The number of anilines is 1. The van der Waals surface area contributed by atoms with Crippen LogP contribution in [0, 0.1) is 25.5 Å². The number of hydrogen-bond donors (Lipinski definition) is 1. The molecule has 0 saturated carbocycles. The van der Waals surface area contributed by atoms with E-state index in [0.717, 1.165) is 12.1 Å². The zero-order chi connectivity index (χ0) is 11.9. The van der Waals surface area contributed by atoms with Crippen molar-refractivity contribution in [2.75, 3.05) is 5.73 Å². The molecule has 0 bridgehead atoms. The lowest BCUT2D eigenvalue weighted by Gasteiger charge is -2.02. The molecule has 1 heterocycles. The highest BCUT2D eigenvalue weighted by Crippen LogP contribution is 2.28. The van der Waals surface area contributed by atoms with E-state index < -0.39 is 11.6 Å². The molecule has 0 aliphatic carbocycles. The van der Waals surface area contributed by atoms with Gasteiger partial charge in [-0.05, 0) is 19.9 Å². The molecule has 2 rings (SSSR count). The summed E-state index contributed by atoms with van der Waals surface area (Å²) in [6.45, 7) is 3.50. The van der Waals surface area contributed by atoms with E-state index in [-0.39, 0.29) is 17.1 Å². The third-order valence-corrected chi connectivity index (χ3v) is 2.35. The molecule has 2 aromatic rings. The molecule has 3 nitrogen and oxygen atoms in total. The largest absolute Gasteiger partial charge is 0.441 e. The standard InChI is InChI=1S/C11H10F2N2O/c1-5-6(2)16-11(15-5)7-3-8(12)9(13)4-10(7)14/h3-4H,14H2,1-2H3. The van der Waals surface area contributed by atoms with Gasteiger partial charge in [0, 0.05) is 11.8 Å². The SMILES string of the molecule is Cc1nc(-c2cc(F)c(F)cc2N)oc1C. The van der Waals surface area contributed by atoms with Gasteiger partial charge < -0.3 is 10.2 Å². The van der Waals surface area contributed by atoms with E-state index in [4.69, 9.17) is 10.2 Å². The van der Waals surface area contributed by atoms with Gasteiger partial charge in [0.25, 0.3) is 0 Å². The van der Waals surface area contributed by atoms with Crippen molar-refractivity contribution < 1.29 is 13.2 Å². The highest BCUT2D eigenvalue weighted by Gasteiger charge is 2.14. The van der Waals surface area contributed by atoms with Crippen LogP contribution in [0.4, 0.5) is 14.5 Å². The minimum absolute atomic E-state index is 0.0974. The maximum Gasteiger partial charge on any atom is 0.228 e. The minimum Gasteiger partial charge on any atom is -0.441 e. The second-order valence-corrected chi connectivity index (χ2v) is 3.51. The number of aryl methyl sites for hydroxylation is 2. The summed E-state index contributed by atoms with van der Waals surface area (Å²) in [5, 5.41) is 0. The smallest absolute Gasteiger partial charge is 0.228 e. The van der Waals surface area contributed by atoms with Gasteiger partial charge in [0.2, 0.25) is 5.89 Å². The number of benzene rings is 1. The molecule has 0 radical (unpaired) electrons. The fraction of sp³-hybridized carbons (Fsp3) is 0.182. The molecule has 84 valence electrons. The van der Waals surface area contributed by atoms with Crippen molar-refractivity contribution in [1.29, 1.82) is 0 Å². The number of oxazole rings is 1. The number of nitrogens with two attached hydrogens (primary N) is 1. The predicted molar refractivity (Wildman–Crippen MR) is 55.7 cm³/mol. The van der Waals surface area contributed by atoms with Crippen LogP contribution in [0.2, 0.25) is 0 Å². The molecule has 0 amide bonds.